The molecule has 4 nitrogen and oxygen atoms in total. The first-order chi connectivity index (χ1) is 21.2. The van der Waals surface area contributed by atoms with E-state index in [9.17, 15) is 10.2 Å². The summed E-state index contributed by atoms with van der Waals surface area (Å²) in [4.78, 5) is 4.06. The minimum absolute atomic E-state index is 0. The molecule has 0 aromatic heterocycles. The quantitative estimate of drug-likeness (QED) is 0.166. The summed E-state index contributed by atoms with van der Waals surface area (Å²) in [5.74, 6) is 0. The largest absolute Gasteiger partial charge is 0.376 e. The Kier molecular flexibility index (Phi) is 9.65. The third-order valence-electron chi connectivity index (χ3n) is 8.74. The Balaban J connectivity index is 0.00000400. The molecule has 6 aromatic carbocycles. The summed E-state index contributed by atoms with van der Waals surface area (Å²) in [6.45, 7) is 12.3. The van der Waals surface area contributed by atoms with E-state index in [4.69, 9.17) is 0 Å². The van der Waals surface area contributed by atoms with E-state index in [0.29, 0.717) is 0 Å². The van der Waals surface area contributed by atoms with Gasteiger partial charge in [-0.15, -0.1) is 0 Å². The number of hydrogen-bond acceptors (Lipinski definition) is 4. The maximum Gasteiger partial charge on any atom is 0.120 e. The van der Waals surface area contributed by atoms with E-state index in [0.717, 1.165) is 77.7 Å². The first kappa shape index (κ1) is 32.6. The summed E-state index contributed by atoms with van der Waals surface area (Å²) in [5, 5.41) is 26.6. The minimum atomic E-state index is -0.184. The monoisotopic (exact) mass is 670 g/mol. The van der Waals surface area contributed by atoms with Crippen molar-refractivity contribution in [2.24, 2.45) is 0 Å². The van der Waals surface area contributed by atoms with Crippen LogP contribution in [0.3, 0.4) is 0 Å². The molecule has 226 valence electrons. The first-order valence-corrected chi connectivity index (χ1v) is 15.2. The van der Waals surface area contributed by atoms with Crippen molar-refractivity contribution in [3.63, 3.8) is 0 Å². The summed E-state index contributed by atoms with van der Waals surface area (Å²) in [6, 6.07) is 34.1. The molecule has 6 rings (SSSR count). The normalized spacial score (nSPS) is 11.1. The van der Waals surface area contributed by atoms with Crippen molar-refractivity contribution >= 4 is 44.3 Å². The SMILES string of the molecule is Cc1cc(C)c(N(CO)c2ccc3ccccc3c2-c2c(N(CO)c3c(C)cc(C)cc3C)ccc3ccccc23)c(C)c1.[Zr]. The van der Waals surface area contributed by atoms with E-state index in [1.165, 1.54) is 11.1 Å². The van der Waals surface area contributed by atoms with Gasteiger partial charge in [-0.1, -0.05) is 96.1 Å². The number of anilines is 4. The number of nitrogens with zero attached hydrogens (tertiary/aromatic N) is 2. The van der Waals surface area contributed by atoms with Crippen LogP contribution in [-0.2, 0) is 26.2 Å². The topological polar surface area (TPSA) is 46.9 Å². The van der Waals surface area contributed by atoms with Crippen molar-refractivity contribution in [2.45, 2.75) is 41.5 Å². The molecule has 0 saturated carbocycles. The van der Waals surface area contributed by atoms with Gasteiger partial charge in [-0.3, -0.25) is 0 Å². The van der Waals surface area contributed by atoms with Crippen LogP contribution in [0.15, 0.2) is 97.1 Å². The van der Waals surface area contributed by atoms with Crippen molar-refractivity contribution in [1.82, 2.24) is 0 Å². The fraction of sp³-hybridized carbons (Fsp3) is 0.200. The standard InChI is InChI=1S/C40H40N2O2.Zr/c1-25-19-27(3)39(28(4)20-25)41(23-43)35-17-15-31-11-7-9-13-33(31)37(35)38-34-14-10-8-12-32(34)16-18-36(38)42(24-44)40-29(5)21-26(2)22-30(40)6;/h7-22,43-44H,23-24H2,1-6H3;. The summed E-state index contributed by atoms with van der Waals surface area (Å²) >= 11 is 0. The Labute approximate surface area is 285 Å². The molecule has 5 heteroatoms. The Hall–Kier alpha value is -3.76. The van der Waals surface area contributed by atoms with Gasteiger partial charge in [-0.05, 0) is 97.5 Å². The van der Waals surface area contributed by atoms with Gasteiger partial charge < -0.3 is 20.0 Å². The van der Waals surface area contributed by atoms with Gasteiger partial charge in [-0.25, -0.2) is 0 Å². The van der Waals surface area contributed by atoms with E-state index in [1.54, 1.807) is 0 Å². The van der Waals surface area contributed by atoms with Crippen LogP contribution < -0.4 is 9.80 Å². The Morgan fingerprint density at radius 3 is 1.13 bits per heavy atom. The smallest absolute Gasteiger partial charge is 0.120 e. The number of aryl methyl sites for hydroxylation is 6. The zero-order valence-electron chi connectivity index (χ0n) is 26.9. The third-order valence-corrected chi connectivity index (χ3v) is 8.74. The molecule has 0 fully saturated rings. The van der Waals surface area contributed by atoms with E-state index in [-0.39, 0.29) is 39.7 Å². The predicted molar refractivity (Wildman–Crippen MR) is 187 cm³/mol. The Morgan fingerprint density at radius 1 is 0.467 bits per heavy atom. The second-order valence-electron chi connectivity index (χ2n) is 12.0. The number of hydrogen-bond donors (Lipinski definition) is 2. The van der Waals surface area contributed by atoms with E-state index < -0.39 is 0 Å². The molecule has 0 aliphatic heterocycles. The van der Waals surface area contributed by atoms with Crippen molar-refractivity contribution in [3.05, 3.63) is 130 Å². The van der Waals surface area contributed by atoms with Crippen molar-refractivity contribution in [2.75, 3.05) is 23.3 Å². The van der Waals surface area contributed by atoms with Crippen molar-refractivity contribution in [3.8, 4) is 11.1 Å². The molecule has 0 saturated heterocycles. The molecule has 0 aliphatic rings. The number of fused-ring (bicyclic) bond motifs is 2. The maximum absolute atomic E-state index is 11.1. The summed E-state index contributed by atoms with van der Waals surface area (Å²) in [6.07, 6.45) is 0. The van der Waals surface area contributed by atoms with Gasteiger partial charge in [0.25, 0.3) is 0 Å². The molecule has 0 radical (unpaired) electrons. The van der Waals surface area contributed by atoms with Crippen LogP contribution in [0.2, 0.25) is 0 Å². The van der Waals surface area contributed by atoms with Gasteiger partial charge in [0, 0.05) is 48.7 Å². The van der Waals surface area contributed by atoms with Gasteiger partial charge in [0.15, 0.2) is 0 Å². The molecular weight excluding hydrogens is 632 g/mol. The molecule has 0 unspecified atom stereocenters. The van der Waals surface area contributed by atoms with Crippen molar-refractivity contribution in [1.29, 1.82) is 0 Å². The van der Waals surface area contributed by atoms with Crippen LogP contribution >= 0.6 is 0 Å². The predicted octanol–water partition coefficient (Wildman–Crippen LogP) is 9.68. The average Bonchev–Trinajstić information content (AvgIpc) is 3.00. The van der Waals surface area contributed by atoms with Gasteiger partial charge in [0.2, 0.25) is 0 Å². The summed E-state index contributed by atoms with van der Waals surface area (Å²) < 4.78 is 0. The second kappa shape index (κ2) is 13.3. The first-order valence-electron chi connectivity index (χ1n) is 15.2. The van der Waals surface area contributed by atoms with Crippen LogP contribution in [0.1, 0.15) is 33.4 Å². The fourth-order valence-corrected chi connectivity index (χ4v) is 7.23. The van der Waals surface area contributed by atoms with E-state index >= 15 is 0 Å². The van der Waals surface area contributed by atoms with Gasteiger partial charge in [0.1, 0.15) is 13.5 Å². The zero-order chi connectivity index (χ0) is 31.1. The van der Waals surface area contributed by atoms with E-state index in [1.807, 2.05) is 9.80 Å². The van der Waals surface area contributed by atoms with E-state index in [2.05, 4.69) is 139 Å². The minimum Gasteiger partial charge on any atom is -0.376 e. The Morgan fingerprint density at radius 2 is 0.800 bits per heavy atom. The van der Waals surface area contributed by atoms with Crippen LogP contribution in [0.25, 0.3) is 32.7 Å². The number of aliphatic hydroxyl groups is 2. The molecule has 0 bridgehead atoms. The van der Waals surface area contributed by atoms with Crippen LogP contribution in [0, 0.1) is 41.5 Å². The molecule has 0 aliphatic carbocycles. The molecule has 0 heterocycles. The Bertz CT molecular complexity index is 1840. The molecule has 0 amide bonds. The van der Waals surface area contributed by atoms with Gasteiger partial charge >= 0.3 is 0 Å². The fourth-order valence-electron chi connectivity index (χ4n) is 7.23. The van der Waals surface area contributed by atoms with Crippen LogP contribution in [0.4, 0.5) is 22.7 Å². The average molecular weight is 672 g/mol. The van der Waals surface area contributed by atoms with Crippen LogP contribution in [0.5, 0.6) is 0 Å². The van der Waals surface area contributed by atoms with Crippen molar-refractivity contribution < 1.29 is 36.4 Å². The maximum atomic E-state index is 11.1. The molecule has 2 N–H and O–H groups in total. The number of benzene rings is 6. The molecular formula is C40H40N2O2Zr. The molecule has 6 aromatic rings. The van der Waals surface area contributed by atoms with Gasteiger partial charge in [-0.2, -0.15) is 0 Å². The second-order valence-corrected chi connectivity index (χ2v) is 12.0. The molecule has 45 heavy (non-hydrogen) atoms. The third kappa shape index (κ3) is 5.86. The summed E-state index contributed by atoms with van der Waals surface area (Å²) in [7, 11) is 0. The molecule has 0 spiro atoms. The zero-order valence-corrected chi connectivity index (χ0v) is 29.4. The van der Waals surface area contributed by atoms with Crippen LogP contribution in [-0.4, -0.2) is 23.7 Å². The molecule has 0 atom stereocenters. The summed E-state index contributed by atoms with van der Waals surface area (Å²) in [5.41, 5.74) is 12.7. The number of rotatable bonds is 7. The van der Waals surface area contributed by atoms with Gasteiger partial charge in [0.05, 0.1) is 11.4 Å². The number of aliphatic hydroxyl groups excluding tert-OH is 2.